The molecule has 2 heterocycles. The first-order chi connectivity index (χ1) is 10.2. The lowest BCUT2D eigenvalue weighted by Gasteiger charge is -2.26. The van der Waals surface area contributed by atoms with Crippen LogP contribution in [0.4, 0.5) is 0 Å². The molecule has 1 unspecified atom stereocenters. The van der Waals surface area contributed by atoms with Crippen LogP contribution in [0.1, 0.15) is 23.8 Å². The molecule has 1 amide bonds. The van der Waals surface area contributed by atoms with Crippen molar-refractivity contribution in [1.82, 2.24) is 5.32 Å². The summed E-state index contributed by atoms with van der Waals surface area (Å²) < 4.78 is 10.8. The molecular formula is C16H17NO3S. The Balaban J connectivity index is 1.60. The lowest BCUT2D eigenvalue weighted by molar-refractivity contribution is -0.119. The maximum absolute atomic E-state index is 12.1. The summed E-state index contributed by atoms with van der Waals surface area (Å²) in [6.07, 6.45) is 2.45. The van der Waals surface area contributed by atoms with Crippen molar-refractivity contribution in [2.45, 2.75) is 24.3 Å². The van der Waals surface area contributed by atoms with Gasteiger partial charge in [-0.3, -0.25) is 4.79 Å². The van der Waals surface area contributed by atoms with Gasteiger partial charge in [0.25, 0.3) is 0 Å². The zero-order valence-electron chi connectivity index (χ0n) is 11.8. The van der Waals surface area contributed by atoms with Crippen LogP contribution in [0, 0.1) is 6.92 Å². The Bertz CT molecular complexity index is 638. The van der Waals surface area contributed by atoms with Gasteiger partial charge in [-0.15, -0.1) is 11.8 Å². The Labute approximate surface area is 127 Å². The highest BCUT2D eigenvalue weighted by Gasteiger charge is 2.22. The predicted molar refractivity (Wildman–Crippen MR) is 81.6 cm³/mol. The number of nitrogens with one attached hydrogen (secondary N) is 1. The molecule has 0 bridgehead atoms. The zero-order chi connectivity index (χ0) is 14.7. The largest absolute Gasteiger partial charge is 0.493 e. The van der Waals surface area contributed by atoms with Crippen molar-refractivity contribution >= 4 is 17.7 Å². The molecular weight excluding hydrogens is 286 g/mol. The number of amides is 1. The highest BCUT2D eigenvalue weighted by atomic mass is 32.2. The van der Waals surface area contributed by atoms with Gasteiger partial charge in [-0.2, -0.15) is 0 Å². The number of hydrogen-bond donors (Lipinski definition) is 1. The van der Waals surface area contributed by atoms with Crippen LogP contribution in [0.25, 0.3) is 0 Å². The number of carbonyl (C=O) groups excluding carboxylic acids is 1. The molecule has 21 heavy (non-hydrogen) atoms. The highest BCUT2D eigenvalue weighted by Crippen LogP contribution is 2.31. The van der Waals surface area contributed by atoms with Gasteiger partial charge < -0.3 is 14.5 Å². The molecule has 2 aromatic rings. The lowest BCUT2D eigenvalue weighted by Crippen LogP contribution is -2.33. The van der Waals surface area contributed by atoms with Crippen LogP contribution in [0.15, 0.2) is 45.9 Å². The van der Waals surface area contributed by atoms with Gasteiger partial charge in [0.2, 0.25) is 5.91 Å². The van der Waals surface area contributed by atoms with E-state index in [-0.39, 0.29) is 11.9 Å². The van der Waals surface area contributed by atoms with E-state index in [2.05, 4.69) is 5.32 Å². The second-order valence-electron chi connectivity index (χ2n) is 4.92. The van der Waals surface area contributed by atoms with Crippen LogP contribution in [0.5, 0.6) is 5.75 Å². The van der Waals surface area contributed by atoms with Crippen LogP contribution >= 0.6 is 11.8 Å². The number of aryl methyl sites for hydroxylation is 1. The van der Waals surface area contributed by atoms with Gasteiger partial charge in [0.1, 0.15) is 11.5 Å². The van der Waals surface area contributed by atoms with Crippen LogP contribution < -0.4 is 10.1 Å². The number of rotatable bonds is 4. The molecule has 5 heteroatoms. The van der Waals surface area contributed by atoms with Crippen LogP contribution in [0.2, 0.25) is 0 Å². The van der Waals surface area contributed by atoms with E-state index in [4.69, 9.17) is 9.15 Å². The molecule has 1 aliphatic rings. The third-order valence-electron chi connectivity index (χ3n) is 3.46. The number of fused-ring (bicyclic) bond motifs is 1. The molecule has 1 aromatic carbocycles. The van der Waals surface area contributed by atoms with E-state index in [0.717, 1.165) is 28.4 Å². The average Bonchev–Trinajstić information content (AvgIpc) is 2.91. The molecule has 3 rings (SSSR count). The zero-order valence-corrected chi connectivity index (χ0v) is 12.6. The van der Waals surface area contributed by atoms with Crippen molar-refractivity contribution in [2.24, 2.45) is 0 Å². The monoisotopic (exact) mass is 303 g/mol. The smallest absolute Gasteiger partial charge is 0.230 e. The number of thioether (sulfide) groups is 1. The normalized spacial score (nSPS) is 16.9. The molecule has 1 aliphatic heterocycles. The van der Waals surface area contributed by atoms with Gasteiger partial charge in [-0.1, -0.05) is 18.2 Å². The second kappa shape index (κ2) is 6.26. The quantitative estimate of drug-likeness (QED) is 0.880. The summed E-state index contributed by atoms with van der Waals surface area (Å²) >= 11 is 1.49. The highest BCUT2D eigenvalue weighted by molar-refractivity contribution is 8.00. The van der Waals surface area contributed by atoms with Gasteiger partial charge >= 0.3 is 0 Å². The summed E-state index contributed by atoms with van der Waals surface area (Å²) in [5, 5.41) is 3.09. The molecule has 0 radical (unpaired) electrons. The Hall–Kier alpha value is -1.88. The number of furan rings is 1. The maximum atomic E-state index is 12.1. The van der Waals surface area contributed by atoms with Crippen molar-refractivity contribution in [3.63, 3.8) is 0 Å². The summed E-state index contributed by atoms with van der Waals surface area (Å²) in [4.78, 5) is 13.1. The van der Waals surface area contributed by atoms with E-state index in [0.29, 0.717) is 12.4 Å². The van der Waals surface area contributed by atoms with Crippen molar-refractivity contribution < 1.29 is 13.9 Å². The first kappa shape index (κ1) is 14.1. The molecule has 0 saturated carbocycles. The number of hydrogen-bond acceptors (Lipinski definition) is 4. The fraction of sp³-hybridized carbons (Fsp3) is 0.312. The Kier molecular flexibility index (Phi) is 4.20. The Morgan fingerprint density at radius 1 is 1.38 bits per heavy atom. The molecule has 1 aromatic heterocycles. The number of carbonyl (C=O) groups is 1. The van der Waals surface area contributed by atoms with Gasteiger partial charge in [-0.05, 0) is 19.1 Å². The SMILES string of the molecule is Cc1occc1SCC(=O)NC1CCOc2ccccc21. The number of benzene rings is 1. The van der Waals surface area contributed by atoms with Crippen molar-refractivity contribution in [2.75, 3.05) is 12.4 Å². The van der Waals surface area contributed by atoms with Crippen LogP contribution in [-0.2, 0) is 4.79 Å². The maximum Gasteiger partial charge on any atom is 0.230 e. The van der Waals surface area contributed by atoms with Crippen LogP contribution in [-0.4, -0.2) is 18.3 Å². The van der Waals surface area contributed by atoms with E-state index in [1.807, 2.05) is 37.3 Å². The van der Waals surface area contributed by atoms with Gasteiger partial charge in [0.15, 0.2) is 0 Å². The average molecular weight is 303 g/mol. The fourth-order valence-electron chi connectivity index (χ4n) is 2.39. The Morgan fingerprint density at radius 2 is 2.24 bits per heavy atom. The molecule has 110 valence electrons. The third-order valence-corrected chi connectivity index (χ3v) is 4.60. The van der Waals surface area contributed by atoms with Crippen molar-refractivity contribution in [1.29, 1.82) is 0 Å². The molecule has 0 fully saturated rings. The van der Waals surface area contributed by atoms with E-state index in [1.165, 1.54) is 11.8 Å². The van der Waals surface area contributed by atoms with E-state index >= 15 is 0 Å². The minimum Gasteiger partial charge on any atom is -0.493 e. The van der Waals surface area contributed by atoms with Gasteiger partial charge in [0.05, 0.1) is 24.7 Å². The van der Waals surface area contributed by atoms with E-state index < -0.39 is 0 Å². The summed E-state index contributed by atoms with van der Waals surface area (Å²) in [5.41, 5.74) is 1.06. The molecule has 0 aliphatic carbocycles. The topological polar surface area (TPSA) is 51.5 Å². The van der Waals surface area contributed by atoms with Gasteiger partial charge in [-0.25, -0.2) is 0 Å². The standard InChI is InChI=1S/C16H17NO3S/c1-11-15(7-9-19-11)21-10-16(18)17-13-6-8-20-14-5-3-2-4-12(13)14/h2-5,7,9,13H,6,8,10H2,1H3,(H,17,18). The molecule has 4 nitrogen and oxygen atoms in total. The lowest BCUT2D eigenvalue weighted by atomic mass is 10.0. The van der Waals surface area contributed by atoms with Gasteiger partial charge in [0, 0.05) is 16.9 Å². The van der Waals surface area contributed by atoms with E-state index in [1.54, 1.807) is 6.26 Å². The van der Waals surface area contributed by atoms with Crippen molar-refractivity contribution in [3.8, 4) is 5.75 Å². The summed E-state index contributed by atoms with van der Waals surface area (Å²) in [6, 6.07) is 9.78. The fourth-order valence-corrected chi connectivity index (χ4v) is 3.17. The molecule has 1 N–H and O–H groups in total. The molecule has 0 saturated heterocycles. The summed E-state index contributed by atoms with van der Waals surface area (Å²) in [6.45, 7) is 2.53. The minimum atomic E-state index is 0.0299. The number of ether oxygens (including phenoxy) is 1. The first-order valence-electron chi connectivity index (χ1n) is 6.92. The molecule has 1 atom stereocenters. The summed E-state index contributed by atoms with van der Waals surface area (Å²) in [5.74, 6) is 2.14. The van der Waals surface area contributed by atoms with E-state index in [9.17, 15) is 4.79 Å². The summed E-state index contributed by atoms with van der Waals surface area (Å²) in [7, 11) is 0. The van der Waals surface area contributed by atoms with Crippen LogP contribution in [0.3, 0.4) is 0 Å². The van der Waals surface area contributed by atoms with Crippen molar-refractivity contribution in [3.05, 3.63) is 47.9 Å². The first-order valence-corrected chi connectivity index (χ1v) is 7.90. The second-order valence-corrected chi connectivity index (χ2v) is 5.94. The number of para-hydroxylation sites is 1. The predicted octanol–water partition coefficient (Wildman–Crippen LogP) is 3.32. The molecule has 0 spiro atoms. The Morgan fingerprint density at radius 3 is 3.05 bits per heavy atom. The minimum absolute atomic E-state index is 0.0299. The third kappa shape index (κ3) is 3.24.